The van der Waals surface area contributed by atoms with Crippen LogP contribution >= 0.6 is 46.5 Å². The molecule has 78 valence electrons. The lowest BCUT2D eigenvalue weighted by atomic mass is 10.4. The van der Waals surface area contributed by atoms with Crippen LogP contribution in [0.3, 0.4) is 0 Å². The number of hydrogen-bond acceptors (Lipinski definition) is 4. The largest absolute Gasteiger partial charge is 0.487 e. The van der Waals surface area contributed by atoms with E-state index >= 15 is 0 Å². The highest BCUT2D eigenvalue weighted by Gasteiger charge is 2.08. The van der Waals surface area contributed by atoms with Gasteiger partial charge in [0.2, 0.25) is 0 Å². The second-order valence-corrected chi connectivity index (χ2v) is 5.65. The topological polar surface area (TPSA) is 9.23 Å². The highest BCUT2D eigenvalue weighted by Crippen LogP contribution is 2.39. The maximum atomic E-state index is 6.24. The van der Waals surface area contributed by atoms with Crippen molar-refractivity contribution in [2.45, 2.75) is 0 Å². The molecule has 0 aliphatic carbocycles. The molecule has 0 N–H and O–H groups in total. The zero-order chi connectivity index (χ0) is 10.6. The van der Waals surface area contributed by atoms with Gasteiger partial charge in [-0.3, -0.25) is 0 Å². The molecule has 0 aromatic carbocycles. The van der Waals surface area contributed by atoms with Gasteiger partial charge in [-0.15, -0.1) is 23.5 Å². The lowest BCUT2D eigenvalue weighted by Crippen LogP contribution is -1.74. The van der Waals surface area contributed by atoms with Gasteiger partial charge in [-0.1, -0.05) is 22.9 Å². The van der Waals surface area contributed by atoms with Crippen LogP contribution in [0.1, 0.15) is 4.88 Å². The Bertz CT molecular complexity index is 327. The predicted octanol–water partition coefficient (Wildman–Crippen LogP) is 4.35. The maximum Gasteiger partial charge on any atom is 0.173 e. The Morgan fingerprint density at radius 2 is 2.00 bits per heavy atom. The molecule has 1 rings (SSSR count). The summed E-state index contributed by atoms with van der Waals surface area (Å²) in [5, 5.41) is 1.71. The van der Waals surface area contributed by atoms with Crippen LogP contribution in [0.4, 0.5) is 0 Å². The lowest BCUT2D eigenvalue weighted by Gasteiger charge is -2.02. The van der Waals surface area contributed by atoms with Gasteiger partial charge in [-0.05, 0) is 24.6 Å². The van der Waals surface area contributed by atoms with Gasteiger partial charge in [-0.2, -0.15) is 0 Å². The van der Waals surface area contributed by atoms with Crippen molar-refractivity contribution in [2.75, 3.05) is 19.6 Å². The number of ether oxygens (including phenoxy) is 1. The molecule has 1 heterocycles. The molecule has 1 aromatic rings. The zero-order valence-corrected chi connectivity index (χ0v) is 11.4. The molecule has 0 fully saturated rings. The summed E-state index contributed by atoms with van der Waals surface area (Å²) in [5.41, 5.74) is 0. The van der Waals surface area contributed by atoms with Crippen molar-refractivity contribution in [1.82, 2.24) is 0 Å². The van der Waals surface area contributed by atoms with Crippen molar-refractivity contribution in [3.8, 4) is 5.06 Å². The monoisotopic (exact) mass is 266 g/mol. The van der Waals surface area contributed by atoms with E-state index in [0.29, 0.717) is 0 Å². The maximum absolute atomic E-state index is 6.24. The highest BCUT2D eigenvalue weighted by molar-refractivity contribution is 8.22. The third-order valence-electron chi connectivity index (χ3n) is 1.55. The summed E-state index contributed by atoms with van der Waals surface area (Å²) in [4.78, 5) is 1.06. The average molecular weight is 267 g/mol. The van der Waals surface area contributed by atoms with E-state index in [1.165, 1.54) is 0 Å². The number of rotatable bonds is 4. The Morgan fingerprint density at radius 1 is 1.36 bits per heavy atom. The van der Waals surface area contributed by atoms with Crippen molar-refractivity contribution in [2.24, 2.45) is 0 Å². The number of thioether (sulfide) groups is 2. The number of thiophene rings is 1. The molecule has 0 unspecified atom stereocenters. The van der Waals surface area contributed by atoms with Gasteiger partial charge >= 0.3 is 0 Å². The Morgan fingerprint density at radius 3 is 2.43 bits per heavy atom. The van der Waals surface area contributed by atoms with Crippen LogP contribution in [0.2, 0.25) is 0 Å². The summed E-state index contributed by atoms with van der Waals surface area (Å²) >= 11 is 11.1. The molecule has 0 bridgehead atoms. The van der Waals surface area contributed by atoms with E-state index in [1.807, 2.05) is 24.6 Å². The molecule has 0 aliphatic rings. The number of hydrogen-bond donors (Lipinski definition) is 0. The molecule has 0 amide bonds. The van der Waals surface area contributed by atoms with Gasteiger partial charge in [0.05, 0.1) is 21.3 Å². The number of halogens is 1. The minimum Gasteiger partial charge on any atom is -0.487 e. The summed E-state index contributed by atoms with van der Waals surface area (Å²) in [6.07, 6.45) is 4.05. The van der Waals surface area contributed by atoms with E-state index in [9.17, 15) is 0 Å². The van der Waals surface area contributed by atoms with Crippen LogP contribution in [-0.4, -0.2) is 19.6 Å². The Labute approximate surface area is 102 Å². The fourth-order valence-corrected chi connectivity index (χ4v) is 3.69. The smallest absolute Gasteiger partial charge is 0.173 e. The van der Waals surface area contributed by atoms with Gasteiger partial charge in [0.1, 0.15) is 0 Å². The quantitative estimate of drug-likeness (QED) is 0.802. The standard InChI is InChI=1S/C9H11ClOS3/c1-11-7-5-4-6(14-7)8(10)9(12-2)13-3/h4-5H,1-3H3. The van der Waals surface area contributed by atoms with Crippen LogP contribution in [-0.2, 0) is 0 Å². The van der Waals surface area contributed by atoms with Crippen molar-refractivity contribution >= 4 is 51.5 Å². The van der Waals surface area contributed by atoms with Crippen molar-refractivity contribution in [3.05, 3.63) is 21.2 Å². The molecule has 0 atom stereocenters. The van der Waals surface area contributed by atoms with E-state index in [4.69, 9.17) is 16.3 Å². The first-order chi connectivity index (χ1) is 6.72. The third kappa shape index (κ3) is 2.86. The summed E-state index contributed by atoms with van der Waals surface area (Å²) in [5.74, 6) is 0. The van der Waals surface area contributed by atoms with Crippen LogP contribution in [0.5, 0.6) is 5.06 Å². The van der Waals surface area contributed by atoms with Gasteiger partial charge in [0.15, 0.2) is 5.06 Å². The molecular formula is C9H11ClOS3. The second kappa shape index (κ2) is 5.95. The molecule has 0 saturated heterocycles. The first kappa shape index (κ1) is 12.3. The minimum atomic E-state index is 0.818. The Balaban J connectivity index is 2.97. The molecule has 14 heavy (non-hydrogen) atoms. The van der Waals surface area contributed by atoms with Gasteiger partial charge in [0, 0.05) is 0 Å². The Hall–Kier alpha value is 0.230. The molecule has 1 aromatic heterocycles. The zero-order valence-electron chi connectivity index (χ0n) is 8.17. The van der Waals surface area contributed by atoms with Crippen molar-refractivity contribution in [1.29, 1.82) is 0 Å². The van der Waals surface area contributed by atoms with Crippen LogP contribution < -0.4 is 4.74 Å². The highest BCUT2D eigenvalue weighted by atomic mass is 35.5. The van der Waals surface area contributed by atoms with Gasteiger partial charge in [0.25, 0.3) is 0 Å². The van der Waals surface area contributed by atoms with E-state index in [0.717, 1.165) is 19.2 Å². The minimum absolute atomic E-state index is 0.818. The van der Waals surface area contributed by atoms with Crippen LogP contribution in [0.25, 0.3) is 5.03 Å². The summed E-state index contributed by atoms with van der Waals surface area (Å²) in [6.45, 7) is 0. The van der Waals surface area contributed by atoms with E-state index in [-0.39, 0.29) is 0 Å². The van der Waals surface area contributed by atoms with Gasteiger partial charge in [-0.25, -0.2) is 0 Å². The molecular weight excluding hydrogens is 256 g/mol. The van der Waals surface area contributed by atoms with Crippen molar-refractivity contribution in [3.63, 3.8) is 0 Å². The normalized spacial score (nSPS) is 10.0. The van der Waals surface area contributed by atoms with E-state index in [2.05, 4.69) is 0 Å². The third-order valence-corrected chi connectivity index (χ3v) is 5.49. The van der Waals surface area contributed by atoms with E-state index < -0.39 is 0 Å². The molecule has 0 radical (unpaired) electrons. The fourth-order valence-electron chi connectivity index (χ4n) is 0.911. The SMILES string of the molecule is COc1ccc(C(Cl)=C(SC)SC)s1. The Kier molecular flexibility index (Phi) is 5.23. The summed E-state index contributed by atoms with van der Waals surface area (Å²) in [7, 11) is 1.66. The molecule has 0 saturated carbocycles. The summed E-state index contributed by atoms with van der Waals surface area (Å²) in [6, 6.07) is 3.92. The molecule has 1 nitrogen and oxygen atoms in total. The first-order valence-electron chi connectivity index (χ1n) is 3.85. The molecule has 0 aliphatic heterocycles. The lowest BCUT2D eigenvalue weighted by molar-refractivity contribution is 0.427. The van der Waals surface area contributed by atoms with Crippen LogP contribution in [0.15, 0.2) is 16.4 Å². The van der Waals surface area contributed by atoms with Gasteiger partial charge < -0.3 is 4.74 Å². The summed E-state index contributed by atoms with van der Waals surface area (Å²) < 4.78 is 6.25. The average Bonchev–Trinajstić information content (AvgIpc) is 2.67. The molecule has 0 spiro atoms. The predicted molar refractivity (Wildman–Crippen MR) is 70.7 cm³/mol. The molecule has 5 heteroatoms. The number of methoxy groups -OCH3 is 1. The van der Waals surface area contributed by atoms with Crippen LogP contribution in [0, 0.1) is 0 Å². The fraction of sp³-hybridized carbons (Fsp3) is 0.333. The first-order valence-corrected chi connectivity index (χ1v) is 7.49. The van der Waals surface area contributed by atoms with Crippen molar-refractivity contribution < 1.29 is 4.74 Å². The van der Waals surface area contributed by atoms with E-state index in [1.54, 1.807) is 42.0 Å². The second-order valence-electron chi connectivity index (χ2n) is 2.33.